The normalized spacial score (nSPS) is 21.3. The molecule has 172 valence electrons. The summed E-state index contributed by atoms with van der Waals surface area (Å²) < 4.78 is 24.3. The molecule has 2 fully saturated rings. The van der Waals surface area contributed by atoms with Crippen LogP contribution in [0.3, 0.4) is 0 Å². The van der Waals surface area contributed by atoms with Gasteiger partial charge in [0.15, 0.2) is 5.65 Å². The molecule has 4 heterocycles. The average Bonchev–Trinajstić information content (AvgIpc) is 3.19. The van der Waals surface area contributed by atoms with Gasteiger partial charge in [0.1, 0.15) is 0 Å². The predicted octanol–water partition coefficient (Wildman–Crippen LogP) is 1.08. The number of hydrogen-bond acceptors (Lipinski definition) is 8. The number of nitriles is 1. The van der Waals surface area contributed by atoms with Crippen molar-refractivity contribution >= 4 is 33.7 Å². The van der Waals surface area contributed by atoms with Crippen LogP contribution in [0.15, 0.2) is 12.4 Å². The Labute approximate surface area is 190 Å². The van der Waals surface area contributed by atoms with E-state index in [1.54, 1.807) is 28.9 Å². The highest BCUT2D eigenvalue weighted by molar-refractivity contribution is 7.79. The van der Waals surface area contributed by atoms with E-state index in [0.717, 1.165) is 23.9 Å². The molecule has 0 radical (unpaired) electrons. The van der Waals surface area contributed by atoms with Gasteiger partial charge >= 0.3 is 0 Å². The van der Waals surface area contributed by atoms with Gasteiger partial charge in [-0.3, -0.25) is 18.6 Å². The number of carbonyl (C=O) groups is 1. The molecule has 2 unspecified atom stereocenters. The number of carbonyl (C=O) groups excluding carboxylic acids is 1. The average molecular weight is 459 g/mol. The van der Waals surface area contributed by atoms with Gasteiger partial charge in [-0.25, -0.2) is 4.98 Å². The third-order valence-corrected chi connectivity index (χ3v) is 7.67. The van der Waals surface area contributed by atoms with Gasteiger partial charge in [0.25, 0.3) is 5.91 Å². The smallest absolute Gasteiger partial charge is 0.257 e. The van der Waals surface area contributed by atoms with Crippen LogP contribution in [0.4, 0.5) is 5.69 Å². The van der Waals surface area contributed by atoms with E-state index in [9.17, 15) is 18.8 Å². The van der Waals surface area contributed by atoms with Gasteiger partial charge in [-0.15, -0.1) is 0 Å². The molecule has 0 saturated carbocycles. The largest absolute Gasteiger partial charge is 0.771 e. The molecule has 0 bridgehead atoms. The zero-order chi connectivity index (χ0) is 23.0. The third kappa shape index (κ3) is 4.10. The molecule has 0 aliphatic carbocycles. The number of pyridine rings is 1. The molecule has 2 aliphatic heterocycles. The number of nitrogens with zero attached hydrogens (tertiary/aromatic N) is 7. The number of rotatable bonds is 4. The summed E-state index contributed by atoms with van der Waals surface area (Å²) in [5.41, 5.74) is 1.71. The lowest BCUT2D eigenvalue weighted by atomic mass is 9.81. The van der Waals surface area contributed by atoms with Crippen LogP contribution in [0.5, 0.6) is 0 Å². The molecular formula is C21H28N7O3S-. The van der Waals surface area contributed by atoms with Crippen molar-refractivity contribution in [3.8, 4) is 6.07 Å². The number of aryl methyl sites for hydroxylation is 1. The molecule has 10 nitrogen and oxygen atoms in total. The quantitative estimate of drug-likeness (QED) is 0.624. The van der Waals surface area contributed by atoms with Crippen molar-refractivity contribution in [2.24, 2.45) is 12.5 Å². The molecule has 32 heavy (non-hydrogen) atoms. The molecule has 1 amide bonds. The van der Waals surface area contributed by atoms with Crippen molar-refractivity contribution in [1.82, 2.24) is 24.6 Å². The van der Waals surface area contributed by atoms with E-state index in [2.05, 4.69) is 21.1 Å². The Kier molecular flexibility index (Phi) is 6.20. The Hall–Kier alpha value is -2.55. The van der Waals surface area contributed by atoms with Gasteiger partial charge in [-0.2, -0.15) is 10.4 Å². The lowest BCUT2D eigenvalue weighted by Gasteiger charge is -2.40. The van der Waals surface area contributed by atoms with Crippen molar-refractivity contribution in [2.75, 3.05) is 44.2 Å². The van der Waals surface area contributed by atoms with E-state index in [4.69, 9.17) is 0 Å². The van der Waals surface area contributed by atoms with E-state index in [0.29, 0.717) is 50.5 Å². The minimum atomic E-state index is -2.17. The van der Waals surface area contributed by atoms with E-state index < -0.39 is 16.5 Å². The maximum atomic E-state index is 13.5. The minimum Gasteiger partial charge on any atom is -0.771 e. The molecular weight excluding hydrogens is 430 g/mol. The Bertz CT molecular complexity index is 1080. The van der Waals surface area contributed by atoms with Crippen molar-refractivity contribution in [2.45, 2.75) is 32.1 Å². The van der Waals surface area contributed by atoms with Crippen LogP contribution in [0, 0.1) is 16.7 Å². The second-order valence-electron chi connectivity index (χ2n) is 8.87. The second-order valence-corrected chi connectivity index (χ2v) is 10.1. The molecule has 2 saturated heterocycles. The molecule has 11 heteroatoms. The molecule has 0 N–H and O–H groups in total. The van der Waals surface area contributed by atoms with Crippen molar-refractivity contribution in [3.63, 3.8) is 0 Å². The van der Waals surface area contributed by atoms with Crippen LogP contribution in [0.2, 0.25) is 0 Å². The van der Waals surface area contributed by atoms with Crippen LogP contribution < -0.4 is 4.90 Å². The summed E-state index contributed by atoms with van der Waals surface area (Å²) >= 11 is -2.17. The zero-order valence-corrected chi connectivity index (χ0v) is 19.5. The summed E-state index contributed by atoms with van der Waals surface area (Å²) in [6.07, 6.45) is 4.82. The fourth-order valence-corrected chi connectivity index (χ4v) is 4.95. The standard InChI is InChI=1S/C21H29N7O3S/c1-15(32(30)31)26-8-10-28(11-9-26)20(29)17-12-23-19-16(13-24-25(19)3)18(17)27-6-4-21(2,14-22)5-7-27/h12-13,15H,4-11H2,1-3H3,(H,30,31)/p-1. The summed E-state index contributed by atoms with van der Waals surface area (Å²) in [6, 6.07) is 2.42. The predicted molar refractivity (Wildman–Crippen MR) is 120 cm³/mol. The summed E-state index contributed by atoms with van der Waals surface area (Å²) in [6.45, 7) is 6.92. The first-order valence-electron chi connectivity index (χ1n) is 10.8. The molecule has 4 rings (SSSR count). The topological polar surface area (TPSA) is 121 Å². The molecule has 2 aliphatic rings. The molecule has 0 aromatic carbocycles. The number of fused-ring (bicyclic) bond motifs is 1. The van der Waals surface area contributed by atoms with Gasteiger partial charge in [0, 0.05) is 52.5 Å². The highest BCUT2D eigenvalue weighted by atomic mass is 32.2. The Morgan fingerprint density at radius 3 is 2.47 bits per heavy atom. The fourth-order valence-electron chi connectivity index (χ4n) is 4.50. The van der Waals surface area contributed by atoms with Crippen LogP contribution >= 0.6 is 0 Å². The SMILES string of the molecule is CC(N1CCN(C(=O)c2cnc3c(cnn3C)c2N2CCC(C)(C#N)CC2)CC1)S(=O)[O-]. The van der Waals surface area contributed by atoms with Crippen LogP contribution in [-0.2, 0) is 18.1 Å². The number of aromatic nitrogens is 3. The van der Waals surface area contributed by atoms with Crippen molar-refractivity contribution < 1.29 is 13.6 Å². The third-order valence-electron chi connectivity index (χ3n) is 6.81. The van der Waals surface area contributed by atoms with Gasteiger partial charge in [-0.05, 0) is 37.8 Å². The number of hydrogen-bond donors (Lipinski definition) is 0. The lowest BCUT2D eigenvalue weighted by Crippen LogP contribution is -2.52. The zero-order valence-electron chi connectivity index (χ0n) is 18.7. The second kappa shape index (κ2) is 8.77. The Morgan fingerprint density at radius 1 is 1.22 bits per heavy atom. The van der Waals surface area contributed by atoms with Crippen LogP contribution in [-0.4, -0.2) is 83.9 Å². The molecule has 0 spiro atoms. The molecule has 2 atom stereocenters. The van der Waals surface area contributed by atoms with Crippen molar-refractivity contribution in [1.29, 1.82) is 5.26 Å². The maximum Gasteiger partial charge on any atom is 0.257 e. The Balaban J connectivity index is 1.62. The van der Waals surface area contributed by atoms with E-state index in [1.807, 2.05) is 18.9 Å². The lowest BCUT2D eigenvalue weighted by molar-refractivity contribution is 0.0626. The van der Waals surface area contributed by atoms with Crippen molar-refractivity contribution in [3.05, 3.63) is 18.0 Å². The van der Waals surface area contributed by atoms with E-state index in [1.165, 1.54) is 0 Å². The van der Waals surface area contributed by atoms with Gasteiger partial charge in [0.2, 0.25) is 0 Å². The summed E-state index contributed by atoms with van der Waals surface area (Å²) in [4.78, 5) is 23.9. The Morgan fingerprint density at radius 2 is 1.88 bits per heavy atom. The first-order valence-corrected chi connectivity index (χ1v) is 12.0. The van der Waals surface area contributed by atoms with Gasteiger partial charge in [-0.1, -0.05) is 0 Å². The number of amides is 1. The van der Waals surface area contributed by atoms with E-state index in [-0.39, 0.29) is 11.3 Å². The highest BCUT2D eigenvalue weighted by Gasteiger charge is 2.34. The van der Waals surface area contributed by atoms with Gasteiger partial charge < -0.3 is 14.4 Å². The summed E-state index contributed by atoms with van der Waals surface area (Å²) in [5, 5.41) is 14.1. The first-order chi connectivity index (χ1) is 15.2. The maximum absolute atomic E-state index is 13.5. The van der Waals surface area contributed by atoms with E-state index >= 15 is 0 Å². The van der Waals surface area contributed by atoms with Gasteiger partial charge in [0.05, 0.1) is 39.7 Å². The number of piperidine rings is 1. The molecule has 2 aromatic rings. The number of anilines is 1. The fraction of sp³-hybridized carbons (Fsp3) is 0.619. The monoisotopic (exact) mass is 458 g/mol. The summed E-state index contributed by atoms with van der Waals surface area (Å²) in [7, 11) is 1.82. The van der Waals surface area contributed by atoms with Crippen LogP contribution in [0.25, 0.3) is 11.0 Å². The number of piperazine rings is 1. The molecule has 2 aromatic heterocycles. The summed E-state index contributed by atoms with van der Waals surface area (Å²) in [5.74, 6) is -0.109. The highest BCUT2D eigenvalue weighted by Crippen LogP contribution is 2.37. The first kappa shape index (κ1) is 22.6. The van der Waals surface area contributed by atoms with Crippen LogP contribution in [0.1, 0.15) is 37.0 Å². The minimum absolute atomic E-state index is 0.109.